The third-order valence-corrected chi connectivity index (χ3v) is 3.72. The largest absolute Gasteiger partial charge is 0.366 e. The molecule has 0 aromatic heterocycles. The molecule has 3 heteroatoms. The Hall–Kier alpha value is -2.13. The number of amides is 1. The predicted molar refractivity (Wildman–Crippen MR) is 86.1 cm³/mol. The van der Waals surface area contributed by atoms with Crippen molar-refractivity contribution in [3.05, 3.63) is 71.3 Å². The first-order chi connectivity index (χ1) is 10.2. The van der Waals surface area contributed by atoms with Crippen LogP contribution in [-0.2, 0) is 6.54 Å². The molecule has 2 aromatic carbocycles. The number of nitrogens with one attached hydrogen (secondary N) is 1. The lowest BCUT2D eigenvalue weighted by atomic mass is 9.98. The van der Waals surface area contributed by atoms with Crippen molar-refractivity contribution < 1.29 is 4.79 Å². The van der Waals surface area contributed by atoms with Crippen LogP contribution in [0.1, 0.15) is 40.7 Å². The molecule has 2 aromatic rings. The lowest BCUT2D eigenvalue weighted by Crippen LogP contribution is -2.20. The second-order valence-electron chi connectivity index (χ2n) is 5.30. The highest BCUT2D eigenvalue weighted by molar-refractivity contribution is 5.94. The van der Waals surface area contributed by atoms with Gasteiger partial charge in [-0.25, -0.2) is 0 Å². The van der Waals surface area contributed by atoms with E-state index in [-0.39, 0.29) is 5.91 Å². The molecule has 1 unspecified atom stereocenters. The Morgan fingerprint density at radius 1 is 1.10 bits per heavy atom. The normalized spacial score (nSPS) is 12.0. The molecule has 1 atom stereocenters. The van der Waals surface area contributed by atoms with Crippen LogP contribution in [0.2, 0.25) is 0 Å². The highest BCUT2D eigenvalue weighted by Crippen LogP contribution is 2.17. The summed E-state index contributed by atoms with van der Waals surface area (Å²) in [5, 5.41) is 3.39. The molecule has 0 aliphatic heterocycles. The van der Waals surface area contributed by atoms with Crippen molar-refractivity contribution >= 4 is 5.91 Å². The van der Waals surface area contributed by atoms with Gasteiger partial charge in [-0.3, -0.25) is 4.79 Å². The summed E-state index contributed by atoms with van der Waals surface area (Å²) < 4.78 is 0. The van der Waals surface area contributed by atoms with Crippen molar-refractivity contribution in [3.63, 3.8) is 0 Å². The Kier molecular flexibility index (Phi) is 5.52. The molecule has 0 aliphatic carbocycles. The third kappa shape index (κ3) is 4.43. The van der Waals surface area contributed by atoms with Crippen molar-refractivity contribution in [1.29, 1.82) is 0 Å². The van der Waals surface area contributed by atoms with Gasteiger partial charge in [-0.1, -0.05) is 55.5 Å². The zero-order chi connectivity index (χ0) is 15.1. The van der Waals surface area contributed by atoms with Crippen molar-refractivity contribution in [1.82, 2.24) is 5.32 Å². The predicted octanol–water partition coefficient (Wildman–Crippen LogP) is 3.07. The molecule has 110 valence electrons. The first-order valence-electron chi connectivity index (χ1n) is 7.32. The molecule has 3 N–H and O–H groups in total. The van der Waals surface area contributed by atoms with E-state index < -0.39 is 0 Å². The van der Waals surface area contributed by atoms with Crippen LogP contribution in [0.15, 0.2) is 54.6 Å². The summed E-state index contributed by atoms with van der Waals surface area (Å²) in [5.41, 5.74) is 8.29. The van der Waals surface area contributed by atoms with Gasteiger partial charge in [0, 0.05) is 12.1 Å². The van der Waals surface area contributed by atoms with Gasteiger partial charge < -0.3 is 11.1 Å². The minimum absolute atomic E-state index is 0.370. The van der Waals surface area contributed by atoms with Crippen molar-refractivity contribution in [3.8, 4) is 0 Å². The maximum atomic E-state index is 11.3. The molecule has 1 amide bonds. The van der Waals surface area contributed by atoms with Gasteiger partial charge in [0.15, 0.2) is 0 Å². The number of carbonyl (C=O) groups excluding carboxylic acids is 1. The first-order valence-corrected chi connectivity index (χ1v) is 7.32. The zero-order valence-electron chi connectivity index (χ0n) is 12.4. The zero-order valence-corrected chi connectivity index (χ0v) is 12.4. The molecule has 3 nitrogen and oxygen atoms in total. The van der Waals surface area contributed by atoms with Crippen LogP contribution in [-0.4, -0.2) is 12.5 Å². The summed E-state index contributed by atoms with van der Waals surface area (Å²) in [6, 6.07) is 18.0. The van der Waals surface area contributed by atoms with E-state index in [0.717, 1.165) is 18.5 Å². The van der Waals surface area contributed by atoms with E-state index in [2.05, 4.69) is 36.5 Å². The summed E-state index contributed by atoms with van der Waals surface area (Å²) in [6.45, 7) is 3.80. The second-order valence-corrected chi connectivity index (χ2v) is 5.30. The SMILES string of the molecule is CC(CCNCc1ccccc1C(N)=O)c1ccccc1. The number of benzene rings is 2. The standard InChI is InChI=1S/C18H22N2O/c1-14(15-7-3-2-4-8-15)11-12-20-13-16-9-5-6-10-17(16)18(19)21/h2-10,14,20H,11-13H2,1H3,(H2,19,21). The van der Waals surface area contributed by atoms with Gasteiger partial charge in [0.25, 0.3) is 0 Å². The molecule has 0 radical (unpaired) electrons. The summed E-state index contributed by atoms with van der Waals surface area (Å²) in [5.74, 6) is 0.148. The number of primary amides is 1. The van der Waals surface area contributed by atoms with Crippen LogP contribution in [0, 0.1) is 0 Å². The highest BCUT2D eigenvalue weighted by Gasteiger charge is 2.07. The summed E-state index contributed by atoms with van der Waals surface area (Å²) in [4.78, 5) is 11.3. The van der Waals surface area contributed by atoms with Gasteiger partial charge in [0.05, 0.1) is 0 Å². The van der Waals surface area contributed by atoms with E-state index >= 15 is 0 Å². The van der Waals surface area contributed by atoms with Crippen LogP contribution in [0.3, 0.4) is 0 Å². The van der Waals surface area contributed by atoms with Crippen LogP contribution >= 0.6 is 0 Å². The molecule has 0 fully saturated rings. The lowest BCUT2D eigenvalue weighted by molar-refractivity contribution is 0.0999. The van der Waals surface area contributed by atoms with Crippen LogP contribution in [0.5, 0.6) is 0 Å². The van der Waals surface area contributed by atoms with Gasteiger partial charge in [0.2, 0.25) is 5.91 Å². The Morgan fingerprint density at radius 3 is 2.48 bits per heavy atom. The maximum Gasteiger partial charge on any atom is 0.249 e. The molecular formula is C18H22N2O. The fraction of sp³-hybridized carbons (Fsp3) is 0.278. The average molecular weight is 282 g/mol. The molecular weight excluding hydrogens is 260 g/mol. The molecule has 0 aliphatic rings. The smallest absolute Gasteiger partial charge is 0.249 e. The van der Waals surface area contributed by atoms with Gasteiger partial charge >= 0.3 is 0 Å². The Balaban J connectivity index is 1.81. The van der Waals surface area contributed by atoms with Crippen LogP contribution < -0.4 is 11.1 Å². The molecule has 0 heterocycles. The van der Waals surface area contributed by atoms with E-state index in [1.165, 1.54) is 5.56 Å². The second kappa shape index (κ2) is 7.60. The first kappa shape index (κ1) is 15.3. The highest BCUT2D eigenvalue weighted by atomic mass is 16.1. The van der Waals surface area contributed by atoms with Crippen molar-refractivity contribution in [2.24, 2.45) is 5.73 Å². The number of rotatable bonds is 7. The Labute approximate surface area is 126 Å². The molecule has 0 spiro atoms. The number of hydrogen-bond donors (Lipinski definition) is 2. The van der Waals surface area contributed by atoms with Crippen molar-refractivity contribution in [2.75, 3.05) is 6.54 Å². The quantitative estimate of drug-likeness (QED) is 0.767. The van der Waals surface area contributed by atoms with Crippen LogP contribution in [0.25, 0.3) is 0 Å². The Morgan fingerprint density at radius 2 is 1.76 bits per heavy atom. The van der Waals surface area contributed by atoms with Gasteiger partial charge in [-0.15, -0.1) is 0 Å². The monoisotopic (exact) mass is 282 g/mol. The fourth-order valence-corrected chi connectivity index (χ4v) is 2.40. The van der Waals surface area contributed by atoms with E-state index in [0.29, 0.717) is 18.0 Å². The number of carbonyl (C=O) groups is 1. The van der Waals surface area contributed by atoms with Gasteiger partial charge in [-0.05, 0) is 36.1 Å². The molecule has 0 bridgehead atoms. The van der Waals surface area contributed by atoms with Gasteiger partial charge in [-0.2, -0.15) is 0 Å². The Bertz CT molecular complexity index is 581. The molecule has 0 saturated heterocycles. The van der Waals surface area contributed by atoms with E-state index in [4.69, 9.17) is 5.73 Å². The lowest BCUT2D eigenvalue weighted by Gasteiger charge is -2.13. The minimum Gasteiger partial charge on any atom is -0.366 e. The third-order valence-electron chi connectivity index (χ3n) is 3.72. The van der Waals surface area contributed by atoms with E-state index in [9.17, 15) is 4.79 Å². The topological polar surface area (TPSA) is 55.1 Å². The van der Waals surface area contributed by atoms with E-state index in [1.807, 2.05) is 24.3 Å². The summed E-state index contributed by atoms with van der Waals surface area (Å²) in [7, 11) is 0. The minimum atomic E-state index is -0.370. The molecule has 21 heavy (non-hydrogen) atoms. The average Bonchev–Trinajstić information content (AvgIpc) is 2.52. The van der Waals surface area contributed by atoms with E-state index in [1.54, 1.807) is 6.07 Å². The molecule has 0 saturated carbocycles. The number of hydrogen-bond acceptors (Lipinski definition) is 2. The van der Waals surface area contributed by atoms with Crippen molar-refractivity contribution in [2.45, 2.75) is 25.8 Å². The number of nitrogens with two attached hydrogens (primary N) is 1. The summed E-state index contributed by atoms with van der Waals surface area (Å²) >= 11 is 0. The summed E-state index contributed by atoms with van der Waals surface area (Å²) in [6.07, 6.45) is 1.06. The fourth-order valence-electron chi connectivity index (χ4n) is 2.40. The van der Waals surface area contributed by atoms with Crippen LogP contribution in [0.4, 0.5) is 0 Å². The van der Waals surface area contributed by atoms with Gasteiger partial charge in [0.1, 0.15) is 0 Å². The maximum absolute atomic E-state index is 11.3. The molecule has 2 rings (SSSR count).